The zero-order valence-electron chi connectivity index (χ0n) is 19.0. The Balaban J connectivity index is 2.07. The number of methoxy groups -OCH3 is 3. The van der Waals surface area contributed by atoms with Crippen molar-refractivity contribution in [3.8, 4) is 17.2 Å². The molecule has 1 aliphatic heterocycles. The lowest BCUT2D eigenvalue weighted by molar-refractivity contribution is -0.140. The second-order valence-electron chi connectivity index (χ2n) is 7.80. The van der Waals surface area contributed by atoms with Crippen molar-refractivity contribution in [2.45, 2.75) is 6.04 Å². The summed E-state index contributed by atoms with van der Waals surface area (Å²) in [6, 6.07) is 11.0. The van der Waals surface area contributed by atoms with Crippen LogP contribution in [0.25, 0.3) is 0 Å². The molecule has 1 heterocycles. The third-order valence-corrected chi connectivity index (χ3v) is 5.60. The minimum absolute atomic E-state index is 0.309. The van der Waals surface area contributed by atoms with E-state index in [2.05, 4.69) is 0 Å². The largest absolute Gasteiger partial charge is 0.497 e. The number of hydrogen-bond donors (Lipinski definition) is 0. The van der Waals surface area contributed by atoms with Crippen molar-refractivity contribution >= 4 is 17.5 Å². The Morgan fingerprint density at radius 3 is 2.16 bits per heavy atom. The average Bonchev–Trinajstić information content (AvgIpc) is 3.06. The Hall–Kier alpha value is -3.39. The summed E-state index contributed by atoms with van der Waals surface area (Å²) in [5, 5.41) is 0. The number of ether oxygens (including phenoxy) is 3. The topological polar surface area (TPSA) is 85.4 Å². The number of carbonyl (C=O) groups is 3. The summed E-state index contributed by atoms with van der Waals surface area (Å²) >= 11 is 0. The van der Waals surface area contributed by atoms with Gasteiger partial charge in [0.05, 0.1) is 27.4 Å². The maximum atomic E-state index is 13.4. The van der Waals surface area contributed by atoms with Crippen LogP contribution < -0.4 is 14.2 Å². The monoisotopic (exact) mass is 440 g/mol. The maximum absolute atomic E-state index is 13.4. The molecule has 1 fully saturated rings. The number of likely N-dealkylation sites (N-methyl/N-ethyl adjacent to an activating group) is 1. The Bertz CT molecular complexity index is 1000. The normalized spacial score (nSPS) is 18.2. The molecule has 0 bridgehead atoms. The molecular formula is C24H28N2O6. The zero-order chi connectivity index (χ0) is 23.4. The van der Waals surface area contributed by atoms with Crippen molar-refractivity contribution < 1.29 is 28.6 Å². The maximum Gasteiger partial charge on any atom is 0.291 e. The van der Waals surface area contributed by atoms with Gasteiger partial charge >= 0.3 is 0 Å². The Kier molecular flexibility index (Phi) is 7.15. The van der Waals surface area contributed by atoms with Gasteiger partial charge in [0.15, 0.2) is 17.3 Å². The van der Waals surface area contributed by atoms with Gasteiger partial charge < -0.3 is 24.0 Å². The van der Waals surface area contributed by atoms with E-state index >= 15 is 0 Å². The molecule has 32 heavy (non-hydrogen) atoms. The zero-order valence-corrected chi connectivity index (χ0v) is 19.0. The van der Waals surface area contributed by atoms with Crippen molar-refractivity contribution in [1.82, 2.24) is 9.80 Å². The number of likely N-dealkylation sites (tertiary alicyclic amines) is 1. The van der Waals surface area contributed by atoms with Crippen molar-refractivity contribution in [2.24, 2.45) is 5.92 Å². The minimum Gasteiger partial charge on any atom is -0.497 e. The van der Waals surface area contributed by atoms with Crippen LogP contribution in [-0.2, 0) is 9.59 Å². The third-order valence-electron chi connectivity index (χ3n) is 5.60. The van der Waals surface area contributed by atoms with Crippen molar-refractivity contribution in [1.29, 1.82) is 0 Å². The van der Waals surface area contributed by atoms with Gasteiger partial charge in [-0.25, -0.2) is 0 Å². The van der Waals surface area contributed by atoms with E-state index in [-0.39, 0.29) is 0 Å². The summed E-state index contributed by atoms with van der Waals surface area (Å²) in [5.74, 6) is -1.35. The van der Waals surface area contributed by atoms with Gasteiger partial charge in [0, 0.05) is 18.7 Å². The molecule has 0 aromatic heterocycles. The molecular weight excluding hydrogens is 412 g/mol. The smallest absolute Gasteiger partial charge is 0.291 e. The molecule has 1 amide bonds. The van der Waals surface area contributed by atoms with Crippen LogP contribution in [0.5, 0.6) is 17.2 Å². The van der Waals surface area contributed by atoms with Crippen molar-refractivity contribution in [3.05, 3.63) is 53.6 Å². The van der Waals surface area contributed by atoms with Gasteiger partial charge in [-0.05, 0) is 56.1 Å². The highest BCUT2D eigenvalue weighted by molar-refractivity contribution is 6.44. The molecule has 170 valence electrons. The fraction of sp³-hybridized carbons (Fsp3) is 0.375. The van der Waals surface area contributed by atoms with Crippen LogP contribution in [0.4, 0.5) is 0 Å². The number of carbonyl (C=O) groups excluding carboxylic acids is 3. The molecule has 8 heteroatoms. The second kappa shape index (κ2) is 9.82. The first-order chi connectivity index (χ1) is 15.3. The molecule has 3 rings (SSSR count). The van der Waals surface area contributed by atoms with Crippen molar-refractivity contribution in [3.63, 3.8) is 0 Å². The number of nitrogens with zero attached hydrogens (tertiary/aromatic N) is 2. The SMILES string of the molecule is COc1ccc(C(=O)C2C(=O)C(=O)N(CCN(C)C)C2c2ccc(OC)c(OC)c2)cc1. The lowest BCUT2D eigenvalue weighted by Gasteiger charge is -2.28. The quantitative estimate of drug-likeness (QED) is 0.336. The average molecular weight is 440 g/mol. The molecule has 1 aliphatic rings. The van der Waals surface area contributed by atoms with E-state index in [0.29, 0.717) is 41.5 Å². The molecule has 2 atom stereocenters. The lowest BCUT2D eigenvalue weighted by Crippen LogP contribution is -2.36. The predicted octanol–water partition coefficient (Wildman–Crippen LogP) is 2.23. The van der Waals surface area contributed by atoms with Crippen LogP contribution in [0.1, 0.15) is 22.0 Å². The molecule has 0 N–H and O–H groups in total. The highest BCUT2D eigenvalue weighted by Crippen LogP contribution is 2.41. The molecule has 8 nitrogen and oxygen atoms in total. The first kappa shape index (κ1) is 23.3. The van der Waals surface area contributed by atoms with Crippen molar-refractivity contribution in [2.75, 3.05) is 48.5 Å². The summed E-state index contributed by atoms with van der Waals surface area (Å²) in [6.07, 6.45) is 0. The summed E-state index contributed by atoms with van der Waals surface area (Å²) in [7, 11) is 8.34. The predicted molar refractivity (Wildman–Crippen MR) is 118 cm³/mol. The molecule has 0 saturated carbocycles. The lowest BCUT2D eigenvalue weighted by atomic mass is 9.86. The van der Waals surface area contributed by atoms with Gasteiger partial charge in [-0.2, -0.15) is 0 Å². The first-order valence-corrected chi connectivity index (χ1v) is 10.2. The highest BCUT2D eigenvalue weighted by Gasteiger charge is 2.51. The standard InChI is InChI=1S/C24H28N2O6/c1-25(2)12-13-26-21(16-8-11-18(31-4)19(14-16)32-5)20(23(28)24(26)29)22(27)15-6-9-17(30-3)10-7-15/h6-11,14,20-21H,12-13H2,1-5H3. The molecule has 0 aliphatic carbocycles. The van der Waals surface area contributed by atoms with Gasteiger partial charge in [0.2, 0.25) is 5.78 Å². The van der Waals surface area contributed by atoms with Gasteiger partial charge in [-0.3, -0.25) is 14.4 Å². The molecule has 0 spiro atoms. The van der Waals surface area contributed by atoms with Crippen LogP contribution in [-0.4, -0.2) is 75.8 Å². The number of rotatable bonds is 9. The minimum atomic E-state index is -1.16. The first-order valence-electron chi connectivity index (χ1n) is 10.2. The fourth-order valence-electron chi connectivity index (χ4n) is 3.88. The number of Topliss-reactive ketones (excluding diaryl/α,β-unsaturated/α-hetero) is 2. The number of amides is 1. The van der Waals surface area contributed by atoms with Crippen LogP contribution in [0.2, 0.25) is 0 Å². The Morgan fingerprint density at radius 1 is 0.938 bits per heavy atom. The van der Waals surface area contributed by atoms with Gasteiger partial charge in [0.1, 0.15) is 11.7 Å². The molecule has 2 unspecified atom stereocenters. The van der Waals surface area contributed by atoms with Crippen LogP contribution >= 0.6 is 0 Å². The molecule has 1 saturated heterocycles. The second-order valence-corrected chi connectivity index (χ2v) is 7.80. The number of benzene rings is 2. The summed E-state index contributed by atoms with van der Waals surface area (Å²) in [4.78, 5) is 42.8. The fourth-order valence-corrected chi connectivity index (χ4v) is 3.88. The number of hydrogen-bond acceptors (Lipinski definition) is 7. The van der Waals surface area contributed by atoms with Crippen LogP contribution in [0.15, 0.2) is 42.5 Å². The van der Waals surface area contributed by atoms with Gasteiger partial charge in [0.25, 0.3) is 5.91 Å². The van der Waals surface area contributed by atoms with Gasteiger partial charge in [-0.15, -0.1) is 0 Å². The summed E-state index contributed by atoms with van der Waals surface area (Å²) in [5.41, 5.74) is 0.976. The van der Waals surface area contributed by atoms with E-state index in [4.69, 9.17) is 14.2 Å². The Labute approximate surface area is 187 Å². The van der Waals surface area contributed by atoms with Gasteiger partial charge in [-0.1, -0.05) is 6.07 Å². The van der Waals surface area contributed by atoms with E-state index in [1.54, 1.807) is 42.5 Å². The molecule has 2 aromatic rings. The van der Waals surface area contributed by atoms with E-state index < -0.39 is 29.4 Å². The Morgan fingerprint density at radius 2 is 1.59 bits per heavy atom. The number of ketones is 2. The third kappa shape index (κ3) is 4.45. The molecule has 2 aromatic carbocycles. The summed E-state index contributed by atoms with van der Waals surface area (Å²) < 4.78 is 15.9. The van der Waals surface area contributed by atoms with E-state index in [0.717, 1.165) is 0 Å². The molecule has 0 radical (unpaired) electrons. The van der Waals surface area contributed by atoms with E-state index in [1.165, 1.54) is 26.2 Å². The van der Waals surface area contributed by atoms with Crippen LogP contribution in [0, 0.1) is 5.92 Å². The van der Waals surface area contributed by atoms with Crippen LogP contribution in [0.3, 0.4) is 0 Å². The highest BCUT2D eigenvalue weighted by atomic mass is 16.5. The van der Waals surface area contributed by atoms with E-state index in [1.807, 2.05) is 19.0 Å². The van der Waals surface area contributed by atoms with E-state index in [9.17, 15) is 14.4 Å². The summed E-state index contributed by atoms with van der Waals surface area (Å²) in [6.45, 7) is 0.856.